The van der Waals surface area contributed by atoms with E-state index in [1.54, 1.807) is 0 Å². The molecule has 0 unspecified atom stereocenters. The highest BCUT2D eigenvalue weighted by atomic mass is 14.8. The van der Waals surface area contributed by atoms with Crippen LogP contribution in [0.5, 0.6) is 0 Å². The first-order valence-electron chi connectivity index (χ1n) is 9.47. The van der Waals surface area contributed by atoms with E-state index in [0.29, 0.717) is 6.04 Å². The maximum Gasteiger partial charge on any atom is 0.0495 e. The van der Waals surface area contributed by atoms with Crippen LogP contribution < -0.4 is 0 Å². The Morgan fingerprint density at radius 1 is 0.762 bits per heavy atom. The third-order valence-electron chi connectivity index (χ3n) is 4.98. The van der Waals surface area contributed by atoms with Gasteiger partial charge in [0.05, 0.1) is 0 Å². The normalized spacial score (nSPS) is 22.5. The Bertz CT molecular complexity index is 297. The van der Waals surface area contributed by atoms with Crippen molar-refractivity contribution in [1.82, 2.24) is 0 Å². The Labute approximate surface area is 131 Å². The number of unbranched alkanes of at least 4 members (excludes halogenated alkanes) is 3. The van der Waals surface area contributed by atoms with Crippen LogP contribution in [0, 0.1) is 5.92 Å². The van der Waals surface area contributed by atoms with Crippen LogP contribution in [0.25, 0.3) is 0 Å². The second-order valence-electron chi connectivity index (χ2n) is 6.93. The summed E-state index contributed by atoms with van der Waals surface area (Å²) < 4.78 is 0. The van der Waals surface area contributed by atoms with E-state index in [2.05, 4.69) is 22.4 Å². The van der Waals surface area contributed by atoms with Crippen molar-refractivity contribution < 1.29 is 0 Å². The molecule has 0 saturated heterocycles. The van der Waals surface area contributed by atoms with Crippen molar-refractivity contribution in [2.75, 3.05) is 6.54 Å². The smallest absolute Gasteiger partial charge is 0.0495 e. The maximum atomic E-state index is 4.68. The van der Waals surface area contributed by atoms with Gasteiger partial charge in [-0.15, -0.1) is 0 Å². The second-order valence-corrected chi connectivity index (χ2v) is 6.93. The van der Waals surface area contributed by atoms with Crippen LogP contribution in [-0.4, -0.2) is 25.0 Å². The highest BCUT2D eigenvalue weighted by Crippen LogP contribution is 2.22. The third kappa shape index (κ3) is 7.78. The molecule has 2 rings (SSSR count). The first kappa shape index (κ1) is 16.7. The Morgan fingerprint density at radius 3 is 2.24 bits per heavy atom. The fourth-order valence-corrected chi connectivity index (χ4v) is 3.24. The number of nitrogens with zero attached hydrogens (tertiary/aromatic N) is 2. The van der Waals surface area contributed by atoms with E-state index in [1.807, 2.05) is 0 Å². The second kappa shape index (κ2) is 11.0. The molecular weight excluding hydrogens is 256 g/mol. The van der Waals surface area contributed by atoms with Gasteiger partial charge in [-0.1, -0.05) is 38.5 Å². The van der Waals surface area contributed by atoms with E-state index in [4.69, 9.17) is 0 Å². The van der Waals surface area contributed by atoms with E-state index >= 15 is 0 Å². The summed E-state index contributed by atoms with van der Waals surface area (Å²) in [5.41, 5.74) is 0. The van der Waals surface area contributed by atoms with Crippen LogP contribution >= 0.6 is 0 Å². The lowest BCUT2D eigenvalue weighted by Gasteiger charge is -2.20. The molecule has 0 atom stereocenters. The van der Waals surface area contributed by atoms with Gasteiger partial charge in [-0.05, 0) is 63.5 Å². The molecule has 21 heavy (non-hydrogen) atoms. The number of hydrogen-bond acceptors (Lipinski definition) is 2. The van der Waals surface area contributed by atoms with Crippen molar-refractivity contribution in [1.29, 1.82) is 0 Å². The molecule has 2 fully saturated rings. The summed E-state index contributed by atoms with van der Waals surface area (Å²) in [5, 5.41) is 0. The van der Waals surface area contributed by atoms with E-state index in [-0.39, 0.29) is 0 Å². The Morgan fingerprint density at radius 2 is 1.52 bits per heavy atom. The predicted octanol–water partition coefficient (Wildman–Crippen LogP) is 5.60. The molecule has 0 heterocycles. The lowest BCUT2D eigenvalue weighted by molar-refractivity contribution is 0.420. The number of aliphatic imine (C=N–C) groups is 2. The van der Waals surface area contributed by atoms with Gasteiger partial charge in [-0.25, -0.2) is 0 Å². The zero-order valence-electron chi connectivity index (χ0n) is 13.8. The van der Waals surface area contributed by atoms with E-state index < -0.39 is 0 Å². The summed E-state index contributed by atoms with van der Waals surface area (Å²) in [6.07, 6.45) is 23.4. The molecule has 2 nitrogen and oxygen atoms in total. The summed E-state index contributed by atoms with van der Waals surface area (Å²) in [6, 6.07) is 0.679. The summed E-state index contributed by atoms with van der Waals surface area (Å²) in [7, 11) is 0. The molecule has 0 spiro atoms. The molecule has 0 aromatic heterocycles. The van der Waals surface area contributed by atoms with Gasteiger partial charge in [0.2, 0.25) is 0 Å². The number of rotatable bonds is 8. The molecule has 0 aromatic rings. The van der Waals surface area contributed by atoms with E-state index in [1.165, 1.54) is 89.9 Å². The number of hydrogen-bond donors (Lipinski definition) is 0. The molecule has 2 aliphatic rings. The molecule has 0 N–H and O–H groups in total. The predicted molar refractivity (Wildman–Crippen MR) is 93.8 cm³/mol. The van der Waals surface area contributed by atoms with Crippen LogP contribution in [0.2, 0.25) is 0 Å². The zero-order chi connectivity index (χ0) is 14.6. The Kier molecular flexibility index (Phi) is 8.74. The van der Waals surface area contributed by atoms with Gasteiger partial charge >= 0.3 is 0 Å². The molecule has 0 bridgehead atoms. The largest absolute Gasteiger partial charge is 0.297 e. The van der Waals surface area contributed by atoms with Crippen molar-refractivity contribution >= 4 is 12.4 Å². The van der Waals surface area contributed by atoms with Gasteiger partial charge in [0.1, 0.15) is 0 Å². The topological polar surface area (TPSA) is 24.7 Å². The van der Waals surface area contributed by atoms with E-state index in [9.17, 15) is 0 Å². The Balaban J connectivity index is 1.42. The first-order chi connectivity index (χ1) is 10.4. The minimum absolute atomic E-state index is 0.679. The average molecular weight is 290 g/mol. The minimum Gasteiger partial charge on any atom is -0.297 e. The molecule has 0 radical (unpaired) electrons. The van der Waals surface area contributed by atoms with Gasteiger partial charge in [0.25, 0.3) is 0 Å². The van der Waals surface area contributed by atoms with Gasteiger partial charge in [-0.2, -0.15) is 0 Å². The van der Waals surface area contributed by atoms with Crippen LogP contribution in [0.4, 0.5) is 0 Å². The SMILES string of the molecule is C(=N\CCCCC/C=N/C1CCC1)/C1CCCCCCC1. The van der Waals surface area contributed by atoms with Crippen molar-refractivity contribution in [3.8, 4) is 0 Å². The van der Waals surface area contributed by atoms with Crippen LogP contribution in [0.15, 0.2) is 9.98 Å². The van der Waals surface area contributed by atoms with Gasteiger partial charge in [-0.3, -0.25) is 9.98 Å². The Hall–Kier alpha value is -0.660. The lowest BCUT2D eigenvalue weighted by atomic mass is 9.92. The lowest BCUT2D eigenvalue weighted by Crippen LogP contribution is -2.14. The summed E-state index contributed by atoms with van der Waals surface area (Å²) in [5.74, 6) is 0.778. The van der Waals surface area contributed by atoms with Crippen molar-refractivity contribution in [2.24, 2.45) is 15.9 Å². The fraction of sp³-hybridized carbons (Fsp3) is 0.895. The van der Waals surface area contributed by atoms with Crippen molar-refractivity contribution in [3.63, 3.8) is 0 Å². The van der Waals surface area contributed by atoms with E-state index in [0.717, 1.165) is 12.5 Å². The molecule has 0 amide bonds. The summed E-state index contributed by atoms with van der Waals surface area (Å²) >= 11 is 0. The zero-order valence-corrected chi connectivity index (χ0v) is 13.8. The van der Waals surface area contributed by atoms with Gasteiger partial charge in [0, 0.05) is 18.8 Å². The monoisotopic (exact) mass is 290 g/mol. The van der Waals surface area contributed by atoms with Crippen LogP contribution in [0.3, 0.4) is 0 Å². The highest BCUT2D eigenvalue weighted by Gasteiger charge is 2.14. The molecule has 2 saturated carbocycles. The summed E-state index contributed by atoms with van der Waals surface area (Å²) in [6.45, 7) is 1.04. The van der Waals surface area contributed by atoms with Crippen LogP contribution in [0.1, 0.15) is 89.9 Å². The molecule has 2 heteroatoms. The molecular formula is C19H34N2. The molecule has 2 aliphatic carbocycles. The fourth-order valence-electron chi connectivity index (χ4n) is 3.24. The molecule has 0 aliphatic heterocycles. The van der Waals surface area contributed by atoms with Gasteiger partial charge in [0.15, 0.2) is 0 Å². The quantitative estimate of drug-likeness (QED) is 0.410. The molecule has 0 aromatic carbocycles. The van der Waals surface area contributed by atoms with Gasteiger partial charge < -0.3 is 0 Å². The third-order valence-corrected chi connectivity index (χ3v) is 4.98. The minimum atomic E-state index is 0.679. The van der Waals surface area contributed by atoms with Crippen molar-refractivity contribution in [2.45, 2.75) is 95.9 Å². The maximum absolute atomic E-state index is 4.68. The standard InChI is InChI=1S/C19H34N2/c1-2-6-11-18(12-7-3-1)17-20-15-8-4-5-9-16-21-19-13-10-14-19/h16-19H,1-15H2/b20-17+,21-16+. The van der Waals surface area contributed by atoms with Crippen molar-refractivity contribution in [3.05, 3.63) is 0 Å². The molecule has 120 valence electrons. The summed E-state index contributed by atoms with van der Waals surface area (Å²) in [4.78, 5) is 9.26. The highest BCUT2D eigenvalue weighted by molar-refractivity contribution is 5.60. The first-order valence-corrected chi connectivity index (χ1v) is 9.47. The van der Waals surface area contributed by atoms with Crippen LogP contribution in [-0.2, 0) is 0 Å². The average Bonchev–Trinajstić information content (AvgIpc) is 2.40.